The number of hydrogen-bond donors (Lipinski definition) is 2. The lowest BCUT2D eigenvalue weighted by Crippen LogP contribution is -2.40. The van der Waals surface area contributed by atoms with Gasteiger partial charge in [-0.25, -0.2) is 0 Å². The van der Waals surface area contributed by atoms with Crippen LogP contribution in [0.3, 0.4) is 0 Å². The molecule has 0 aromatic heterocycles. The van der Waals surface area contributed by atoms with Crippen molar-refractivity contribution in [1.29, 1.82) is 0 Å². The van der Waals surface area contributed by atoms with Crippen LogP contribution in [0, 0.1) is 0 Å². The van der Waals surface area contributed by atoms with Gasteiger partial charge in [-0.3, -0.25) is 9.80 Å². The van der Waals surface area contributed by atoms with Crippen molar-refractivity contribution >= 4 is 0 Å². The van der Waals surface area contributed by atoms with Crippen molar-refractivity contribution in [3.05, 3.63) is 23.5 Å². The molecule has 3 rings (SSSR count). The number of nitrogens with two attached hydrogens (primary N) is 1. The van der Waals surface area contributed by atoms with Crippen LogP contribution in [0.4, 0.5) is 0 Å². The van der Waals surface area contributed by atoms with Gasteiger partial charge in [0.2, 0.25) is 0 Å². The Balaban J connectivity index is 1.65. The third-order valence-corrected chi connectivity index (χ3v) is 3.77. The van der Waals surface area contributed by atoms with E-state index in [1.165, 1.54) is 31.6 Å². The van der Waals surface area contributed by atoms with Crippen LogP contribution in [0.2, 0.25) is 0 Å². The Morgan fingerprint density at radius 3 is 2.94 bits per heavy atom. The molecule has 16 heavy (non-hydrogen) atoms. The number of hydrogen-bond acceptors (Lipinski definition) is 4. The Hall–Kier alpha value is -1.00. The van der Waals surface area contributed by atoms with Gasteiger partial charge in [-0.15, -0.1) is 0 Å². The monoisotopic (exact) mass is 220 g/mol. The normalized spacial score (nSPS) is 30.9. The number of allylic oxidation sites excluding steroid dienone is 2. The number of likely N-dealkylation sites (tertiary alicyclic amines) is 1. The third-order valence-electron chi connectivity index (χ3n) is 3.77. The van der Waals surface area contributed by atoms with Gasteiger partial charge in [-0.2, -0.15) is 0 Å². The van der Waals surface area contributed by atoms with Crippen molar-refractivity contribution in [2.24, 2.45) is 5.73 Å². The molecule has 3 aliphatic rings. The lowest BCUT2D eigenvalue weighted by Gasteiger charge is -2.29. The van der Waals surface area contributed by atoms with Crippen molar-refractivity contribution in [3.8, 4) is 0 Å². The van der Waals surface area contributed by atoms with E-state index in [2.05, 4.69) is 21.2 Å². The first-order chi connectivity index (χ1) is 7.83. The Morgan fingerprint density at radius 1 is 1.31 bits per heavy atom. The molecular formula is C12H20N4. The molecule has 0 radical (unpaired) electrons. The highest BCUT2D eigenvalue weighted by Crippen LogP contribution is 2.25. The molecule has 0 spiro atoms. The molecule has 0 bridgehead atoms. The fraction of sp³-hybridized carbons (Fsp3) is 0.667. The van der Waals surface area contributed by atoms with Gasteiger partial charge in [0.1, 0.15) is 0 Å². The van der Waals surface area contributed by atoms with Crippen LogP contribution >= 0.6 is 0 Å². The smallest absolute Gasteiger partial charge is 0.0693 e. The molecule has 1 aliphatic carbocycles. The predicted octanol–water partition coefficient (Wildman–Crippen LogP) is 0.401. The SMILES string of the molecule is NC1=CC=C2NCN(CN3CCCC3)C2C1. The van der Waals surface area contributed by atoms with E-state index in [0.29, 0.717) is 6.04 Å². The first-order valence-corrected chi connectivity index (χ1v) is 6.19. The quantitative estimate of drug-likeness (QED) is 0.707. The first-order valence-electron chi connectivity index (χ1n) is 6.19. The molecule has 88 valence electrons. The zero-order valence-electron chi connectivity index (χ0n) is 9.65. The zero-order chi connectivity index (χ0) is 11.0. The maximum Gasteiger partial charge on any atom is 0.0693 e. The first kappa shape index (κ1) is 10.2. The van der Waals surface area contributed by atoms with Crippen LogP contribution in [0.1, 0.15) is 19.3 Å². The van der Waals surface area contributed by atoms with Crippen LogP contribution < -0.4 is 11.1 Å². The molecule has 0 saturated carbocycles. The van der Waals surface area contributed by atoms with E-state index < -0.39 is 0 Å². The van der Waals surface area contributed by atoms with E-state index in [1.54, 1.807) is 0 Å². The van der Waals surface area contributed by atoms with Gasteiger partial charge >= 0.3 is 0 Å². The van der Waals surface area contributed by atoms with Gasteiger partial charge in [0, 0.05) is 17.8 Å². The van der Waals surface area contributed by atoms with Gasteiger partial charge in [0.15, 0.2) is 0 Å². The summed E-state index contributed by atoms with van der Waals surface area (Å²) in [5, 5.41) is 3.46. The largest absolute Gasteiger partial charge is 0.402 e. The molecule has 1 atom stereocenters. The molecule has 2 saturated heterocycles. The van der Waals surface area contributed by atoms with Crippen LogP contribution in [-0.2, 0) is 0 Å². The van der Waals surface area contributed by atoms with Crippen LogP contribution in [0.15, 0.2) is 23.5 Å². The highest BCUT2D eigenvalue weighted by Gasteiger charge is 2.31. The minimum atomic E-state index is 0.491. The maximum atomic E-state index is 5.91. The zero-order valence-corrected chi connectivity index (χ0v) is 9.65. The van der Waals surface area contributed by atoms with Crippen molar-refractivity contribution in [1.82, 2.24) is 15.1 Å². The second-order valence-electron chi connectivity index (χ2n) is 4.97. The maximum absolute atomic E-state index is 5.91. The average molecular weight is 220 g/mol. The Bertz CT molecular complexity index is 328. The molecule has 0 aromatic carbocycles. The van der Waals surface area contributed by atoms with Gasteiger partial charge in [-0.1, -0.05) is 0 Å². The predicted molar refractivity (Wildman–Crippen MR) is 64.3 cm³/mol. The van der Waals surface area contributed by atoms with E-state index in [4.69, 9.17) is 5.73 Å². The lowest BCUT2D eigenvalue weighted by atomic mass is 10.0. The Labute approximate surface area is 96.8 Å². The van der Waals surface area contributed by atoms with E-state index in [0.717, 1.165) is 25.5 Å². The van der Waals surface area contributed by atoms with E-state index in [1.807, 2.05) is 6.08 Å². The third kappa shape index (κ3) is 1.83. The van der Waals surface area contributed by atoms with E-state index >= 15 is 0 Å². The molecule has 1 unspecified atom stereocenters. The van der Waals surface area contributed by atoms with Crippen LogP contribution in [0.5, 0.6) is 0 Å². The summed E-state index contributed by atoms with van der Waals surface area (Å²) < 4.78 is 0. The minimum Gasteiger partial charge on any atom is -0.402 e. The molecular weight excluding hydrogens is 200 g/mol. The number of fused-ring (bicyclic) bond motifs is 1. The average Bonchev–Trinajstić information content (AvgIpc) is 2.90. The van der Waals surface area contributed by atoms with Crippen molar-refractivity contribution in [3.63, 3.8) is 0 Å². The number of rotatable bonds is 2. The highest BCUT2D eigenvalue weighted by atomic mass is 15.4. The standard InChI is InChI=1S/C12H20N4/c13-10-3-4-11-12(7-10)16(8-14-11)9-15-5-1-2-6-15/h3-4,12,14H,1-2,5-9,13H2. The summed E-state index contributed by atoms with van der Waals surface area (Å²) in [6.07, 6.45) is 7.85. The molecule has 0 aromatic rings. The topological polar surface area (TPSA) is 44.5 Å². The van der Waals surface area contributed by atoms with E-state index in [9.17, 15) is 0 Å². The summed E-state index contributed by atoms with van der Waals surface area (Å²) in [6, 6.07) is 0.491. The second-order valence-corrected chi connectivity index (χ2v) is 4.97. The Morgan fingerprint density at radius 2 is 2.12 bits per heavy atom. The molecule has 0 amide bonds. The fourth-order valence-electron chi connectivity index (χ4n) is 2.84. The fourth-order valence-corrected chi connectivity index (χ4v) is 2.84. The van der Waals surface area contributed by atoms with Gasteiger partial charge < -0.3 is 11.1 Å². The summed E-state index contributed by atoms with van der Waals surface area (Å²) in [4.78, 5) is 5.04. The lowest BCUT2D eigenvalue weighted by molar-refractivity contribution is 0.145. The van der Waals surface area contributed by atoms with Crippen LogP contribution in [-0.4, -0.2) is 42.3 Å². The van der Waals surface area contributed by atoms with Gasteiger partial charge in [-0.05, 0) is 38.1 Å². The highest BCUT2D eigenvalue weighted by molar-refractivity contribution is 5.28. The Kier molecular flexibility index (Phi) is 2.61. The molecule has 3 N–H and O–H groups in total. The van der Waals surface area contributed by atoms with Crippen LogP contribution in [0.25, 0.3) is 0 Å². The second kappa shape index (κ2) is 4.11. The molecule has 2 fully saturated rings. The summed E-state index contributed by atoms with van der Waals surface area (Å²) in [5.74, 6) is 0. The minimum absolute atomic E-state index is 0.491. The summed E-state index contributed by atoms with van der Waals surface area (Å²) >= 11 is 0. The van der Waals surface area contributed by atoms with Gasteiger partial charge in [0.05, 0.1) is 19.4 Å². The summed E-state index contributed by atoms with van der Waals surface area (Å²) in [5.41, 5.74) is 8.25. The summed E-state index contributed by atoms with van der Waals surface area (Å²) in [7, 11) is 0. The summed E-state index contributed by atoms with van der Waals surface area (Å²) in [6.45, 7) is 4.57. The van der Waals surface area contributed by atoms with Gasteiger partial charge in [0.25, 0.3) is 0 Å². The van der Waals surface area contributed by atoms with E-state index in [-0.39, 0.29) is 0 Å². The molecule has 4 heteroatoms. The molecule has 2 aliphatic heterocycles. The van der Waals surface area contributed by atoms with Crippen molar-refractivity contribution in [2.45, 2.75) is 25.3 Å². The molecule has 2 heterocycles. The van der Waals surface area contributed by atoms with Crippen molar-refractivity contribution in [2.75, 3.05) is 26.4 Å². The number of nitrogens with zero attached hydrogens (tertiary/aromatic N) is 2. The van der Waals surface area contributed by atoms with Crippen molar-refractivity contribution < 1.29 is 0 Å². The number of nitrogens with one attached hydrogen (secondary N) is 1. The molecule has 4 nitrogen and oxygen atoms in total.